The SMILES string of the molecule is CCCc1[nH]nc(C(=O)NC2(C(F)(F)F)CC2)c1N. The van der Waals surface area contributed by atoms with E-state index in [4.69, 9.17) is 5.73 Å². The Kier molecular flexibility index (Phi) is 3.19. The molecule has 1 aliphatic rings. The predicted molar refractivity (Wildman–Crippen MR) is 62.5 cm³/mol. The van der Waals surface area contributed by atoms with Gasteiger partial charge in [0.2, 0.25) is 0 Å². The Morgan fingerprint density at radius 3 is 2.63 bits per heavy atom. The number of aryl methyl sites for hydroxylation is 1. The third-order valence-electron chi connectivity index (χ3n) is 3.24. The Hall–Kier alpha value is -1.73. The summed E-state index contributed by atoms with van der Waals surface area (Å²) in [5.74, 6) is -0.883. The maximum atomic E-state index is 12.7. The van der Waals surface area contributed by atoms with E-state index in [1.54, 1.807) is 0 Å². The van der Waals surface area contributed by atoms with Gasteiger partial charge in [-0.15, -0.1) is 0 Å². The Balaban J connectivity index is 2.13. The van der Waals surface area contributed by atoms with E-state index in [0.717, 1.165) is 6.42 Å². The lowest BCUT2D eigenvalue weighted by molar-refractivity contribution is -0.163. The molecule has 1 heterocycles. The third kappa shape index (κ3) is 2.39. The van der Waals surface area contributed by atoms with Crippen molar-refractivity contribution in [3.8, 4) is 0 Å². The highest BCUT2D eigenvalue weighted by molar-refractivity contribution is 5.98. The first-order valence-electron chi connectivity index (χ1n) is 6.02. The number of carbonyl (C=O) groups is 1. The molecule has 0 aromatic carbocycles. The van der Waals surface area contributed by atoms with Crippen molar-refractivity contribution < 1.29 is 18.0 Å². The number of anilines is 1. The molecule has 2 rings (SSSR count). The molecule has 0 unspecified atom stereocenters. The topological polar surface area (TPSA) is 83.8 Å². The van der Waals surface area contributed by atoms with Crippen LogP contribution in [0.2, 0.25) is 0 Å². The first-order valence-corrected chi connectivity index (χ1v) is 6.02. The van der Waals surface area contributed by atoms with E-state index >= 15 is 0 Å². The highest BCUT2D eigenvalue weighted by atomic mass is 19.4. The minimum Gasteiger partial charge on any atom is -0.395 e. The van der Waals surface area contributed by atoms with Crippen LogP contribution in [-0.4, -0.2) is 27.8 Å². The van der Waals surface area contributed by atoms with Crippen LogP contribution < -0.4 is 11.1 Å². The van der Waals surface area contributed by atoms with E-state index in [1.165, 1.54) is 0 Å². The van der Waals surface area contributed by atoms with Gasteiger partial charge < -0.3 is 11.1 Å². The molecular weight excluding hydrogens is 261 g/mol. The summed E-state index contributed by atoms with van der Waals surface area (Å²) in [6.07, 6.45) is -3.26. The van der Waals surface area contributed by atoms with Gasteiger partial charge in [-0.05, 0) is 19.3 Å². The Labute approximate surface area is 107 Å². The second-order valence-electron chi connectivity index (χ2n) is 4.75. The summed E-state index contributed by atoms with van der Waals surface area (Å²) in [6, 6.07) is 0. The van der Waals surface area contributed by atoms with Crippen molar-refractivity contribution in [3.63, 3.8) is 0 Å². The summed E-state index contributed by atoms with van der Waals surface area (Å²) in [7, 11) is 0. The Morgan fingerprint density at radius 2 is 2.16 bits per heavy atom. The fourth-order valence-corrected chi connectivity index (χ4v) is 1.88. The molecule has 8 heteroatoms. The lowest BCUT2D eigenvalue weighted by atomic mass is 10.2. The molecule has 0 saturated heterocycles. The van der Waals surface area contributed by atoms with Gasteiger partial charge in [0.1, 0.15) is 5.54 Å². The number of hydrogen-bond donors (Lipinski definition) is 3. The van der Waals surface area contributed by atoms with Gasteiger partial charge in [-0.1, -0.05) is 13.3 Å². The normalized spacial score (nSPS) is 17.3. The first kappa shape index (κ1) is 13.7. The number of nitrogens with one attached hydrogen (secondary N) is 2. The Bertz CT molecular complexity index is 491. The fraction of sp³-hybridized carbons (Fsp3) is 0.636. The lowest BCUT2D eigenvalue weighted by Gasteiger charge is -2.20. The molecule has 1 fully saturated rings. The quantitative estimate of drug-likeness (QED) is 0.783. The summed E-state index contributed by atoms with van der Waals surface area (Å²) in [5, 5.41) is 8.28. The van der Waals surface area contributed by atoms with Gasteiger partial charge in [0, 0.05) is 0 Å². The fourth-order valence-electron chi connectivity index (χ4n) is 1.88. The van der Waals surface area contributed by atoms with E-state index in [1.807, 2.05) is 12.2 Å². The highest BCUT2D eigenvalue weighted by Gasteiger charge is 2.64. The van der Waals surface area contributed by atoms with Crippen LogP contribution in [0, 0.1) is 0 Å². The van der Waals surface area contributed by atoms with Crippen molar-refractivity contribution in [2.45, 2.75) is 44.3 Å². The molecule has 0 atom stereocenters. The number of alkyl halides is 3. The minimum atomic E-state index is -4.44. The average molecular weight is 276 g/mol. The minimum absolute atomic E-state index is 0.103. The van der Waals surface area contributed by atoms with Crippen LogP contribution in [0.5, 0.6) is 0 Å². The van der Waals surface area contributed by atoms with Crippen LogP contribution in [0.25, 0.3) is 0 Å². The molecule has 1 amide bonds. The van der Waals surface area contributed by atoms with E-state index in [2.05, 4.69) is 10.2 Å². The number of aromatic amines is 1. The number of H-pyrrole nitrogens is 1. The van der Waals surface area contributed by atoms with Crippen molar-refractivity contribution in [1.29, 1.82) is 0 Å². The largest absolute Gasteiger partial charge is 0.411 e. The van der Waals surface area contributed by atoms with E-state index in [0.29, 0.717) is 12.1 Å². The number of nitrogen functional groups attached to an aromatic ring is 1. The molecule has 0 bridgehead atoms. The van der Waals surface area contributed by atoms with Crippen molar-refractivity contribution >= 4 is 11.6 Å². The van der Waals surface area contributed by atoms with Gasteiger partial charge in [0.25, 0.3) is 5.91 Å². The second kappa shape index (κ2) is 4.43. The summed E-state index contributed by atoms with van der Waals surface area (Å²) in [6.45, 7) is 1.92. The molecule has 1 aliphatic carbocycles. The molecule has 5 nitrogen and oxygen atoms in total. The van der Waals surface area contributed by atoms with Crippen LogP contribution in [0.15, 0.2) is 0 Å². The van der Waals surface area contributed by atoms with Gasteiger partial charge in [-0.3, -0.25) is 9.89 Å². The molecule has 19 heavy (non-hydrogen) atoms. The zero-order chi connectivity index (χ0) is 14.3. The highest BCUT2D eigenvalue weighted by Crippen LogP contribution is 2.49. The summed E-state index contributed by atoms with van der Waals surface area (Å²) in [4.78, 5) is 11.8. The number of hydrogen-bond acceptors (Lipinski definition) is 3. The molecule has 106 valence electrons. The van der Waals surface area contributed by atoms with Crippen molar-refractivity contribution in [3.05, 3.63) is 11.4 Å². The van der Waals surface area contributed by atoms with Gasteiger partial charge in [-0.25, -0.2) is 0 Å². The van der Waals surface area contributed by atoms with Gasteiger partial charge in [0.15, 0.2) is 5.69 Å². The average Bonchev–Trinajstić information content (AvgIpc) is 3.00. The standard InChI is InChI=1S/C11H15F3N4O/c1-2-3-6-7(15)8(18-17-6)9(19)16-10(4-5-10)11(12,13)14/h2-5,15H2,1H3,(H,16,19)(H,17,18). The molecule has 0 aliphatic heterocycles. The molecule has 4 N–H and O–H groups in total. The third-order valence-corrected chi connectivity index (χ3v) is 3.24. The van der Waals surface area contributed by atoms with Gasteiger partial charge in [0.05, 0.1) is 11.4 Å². The Morgan fingerprint density at radius 1 is 1.53 bits per heavy atom. The number of rotatable bonds is 4. The second-order valence-corrected chi connectivity index (χ2v) is 4.75. The maximum absolute atomic E-state index is 12.7. The molecule has 1 aromatic rings. The van der Waals surface area contributed by atoms with Crippen LogP contribution in [0.3, 0.4) is 0 Å². The van der Waals surface area contributed by atoms with Crippen LogP contribution in [-0.2, 0) is 6.42 Å². The number of aromatic nitrogens is 2. The van der Waals surface area contributed by atoms with Crippen LogP contribution in [0.1, 0.15) is 42.4 Å². The van der Waals surface area contributed by atoms with Gasteiger partial charge >= 0.3 is 6.18 Å². The predicted octanol–water partition coefficient (Wildman–Crippen LogP) is 1.77. The molecule has 0 radical (unpaired) electrons. The monoisotopic (exact) mass is 276 g/mol. The molecular formula is C11H15F3N4O. The summed E-state index contributed by atoms with van der Waals surface area (Å²) >= 11 is 0. The van der Waals surface area contributed by atoms with Crippen molar-refractivity contribution in [1.82, 2.24) is 15.5 Å². The van der Waals surface area contributed by atoms with Crippen LogP contribution in [0.4, 0.5) is 18.9 Å². The number of amides is 1. The molecule has 1 saturated carbocycles. The van der Waals surface area contributed by atoms with E-state index in [-0.39, 0.29) is 24.2 Å². The number of nitrogens with two attached hydrogens (primary N) is 1. The maximum Gasteiger partial charge on any atom is 0.411 e. The van der Waals surface area contributed by atoms with E-state index < -0.39 is 17.6 Å². The van der Waals surface area contributed by atoms with Gasteiger partial charge in [-0.2, -0.15) is 18.3 Å². The van der Waals surface area contributed by atoms with E-state index in [9.17, 15) is 18.0 Å². The number of halogens is 3. The lowest BCUT2D eigenvalue weighted by Crippen LogP contribution is -2.48. The summed E-state index contributed by atoms with van der Waals surface area (Å²) < 4.78 is 38.2. The first-order chi connectivity index (χ1) is 8.81. The molecule has 0 spiro atoms. The number of carbonyl (C=O) groups excluding carboxylic acids is 1. The van der Waals surface area contributed by atoms with Crippen molar-refractivity contribution in [2.24, 2.45) is 0 Å². The van der Waals surface area contributed by atoms with Crippen molar-refractivity contribution in [2.75, 3.05) is 5.73 Å². The zero-order valence-electron chi connectivity index (χ0n) is 10.4. The van der Waals surface area contributed by atoms with Crippen LogP contribution >= 0.6 is 0 Å². The summed E-state index contributed by atoms with van der Waals surface area (Å²) in [5.41, 5.74) is 4.13. The number of nitrogens with zero attached hydrogens (tertiary/aromatic N) is 1. The molecule has 1 aromatic heterocycles. The zero-order valence-corrected chi connectivity index (χ0v) is 10.4. The smallest absolute Gasteiger partial charge is 0.395 e.